The average Bonchev–Trinajstić information content (AvgIpc) is 2.88. The van der Waals surface area contributed by atoms with Crippen molar-refractivity contribution >= 4 is 0 Å². The molecule has 19 heavy (non-hydrogen) atoms. The maximum absolute atomic E-state index is 9.89. The maximum Gasteiger partial charge on any atom is 0.261 e. The van der Waals surface area contributed by atoms with E-state index in [9.17, 15) is 5.11 Å². The first-order valence-electron chi connectivity index (χ1n) is 5.98. The zero-order chi connectivity index (χ0) is 13.8. The molecule has 0 spiro atoms. The molecule has 1 heterocycles. The number of rotatable bonds is 5. The summed E-state index contributed by atoms with van der Waals surface area (Å²) in [5, 5.41) is 13.7. The van der Waals surface area contributed by atoms with Crippen molar-refractivity contribution in [3.05, 3.63) is 24.0 Å². The number of hydrogen-bond acceptors (Lipinski definition) is 6. The van der Waals surface area contributed by atoms with E-state index in [1.807, 2.05) is 13.8 Å². The van der Waals surface area contributed by atoms with Crippen LogP contribution in [0.1, 0.15) is 25.8 Å². The number of phenolic OH excluding ortho intramolecular Hbond substituents is 1. The minimum atomic E-state index is -0.247. The molecular weight excluding hydrogens is 248 g/mol. The van der Waals surface area contributed by atoms with Crippen molar-refractivity contribution in [2.75, 3.05) is 13.7 Å². The van der Waals surface area contributed by atoms with Crippen molar-refractivity contribution in [1.29, 1.82) is 0 Å². The van der Waals surface area contributed by atoms with Crippen molar-refractivity contribution in [3.63, 3.8) is 0 Å². The molecule has 0 amide bonds. The molecule has 0 saturated heterocycles. The van der Waals surface area contributed by atoms with E-state index >= 15 is 0 Å². The summed E-state index contributed by atoms with van der Waals surface area (Å²) in [6.07, 6.45) is -0.247. The van der Waals surface area contributed by atoms with E-state index in [2.05, 4.69) is 10.1 Å². The zero-order valence-corrected chi connectivity index (χ0v) is 11.1. The summed E-state index contributed by atoms with van der Waals surface area (Å²) in [6.45, 7) is 4.30. The summed E-state index contributed by atoms with van der Waals surface area (Å²) < 4.78 is 15.5. The summed E-state index contributed by atoms with van der Waals surface area (Å²) in [7, 11) is 1.53. The lowest BCUT2D eigenvalue weighted by atomic mass is 10.2. The van der Waals surface area contributed by atoms with Gasteiger partial charge in [0.15, 0.2) is 0 Å². The third-order valence-corrected chi connectivity index (χ3v) is 2.66. The molecule has 0 saturated carbocycles. The van der Waals surface area contributed by atoms with E-state index in [4.69, 9.17) is 14.0 Å². The van der Waals surface area contributed by atoms with Crippen molar-refractivity contribution in [2.45, 2.75) is 20.0 Å². The number of ether oxygens (including phenoxy) is 2. The Labute approximate surface area is 111 Å². The second-order valence-electron chi connectivity index (χ2n) is 3.94. The van der Waals surface area contributed by atoms with E-state index in [1.54, 1.807) is 12.1 Å². The highest BCUT2D eigenvalue weighted by Gasteiger charge is 2.17. The minimum Gasteiger partial charge on any atom is -0.507 e. The fraction of sp³-hybridized carbons (Fsp3) is 0.385. The monoisotopic (exact) mass is 264 g/mol. The number of aromatic nitrogens is 2. The van der Waals surface area contributed by atoms with Gasteiger partial charge >= 0.3 is 0 Å². The van der Waals surface area contributed by atoms with Crippen LogP contribution < -0.4 is 4.74 Å². The van der Waals surface area contributed by atoms with Gasteiger partial charge < -0.3 is 19.1 Å². The summed E-state index contributed by atoms with van der Waals surface area (Å²) in [5.74, 6) is 1.29. The number of nitrogens with zero attached hydrogens (tertiary/aromatic N) is 2. The molecule has 102 valence electrons. The van der Waals surface area contributed by atoms with Gasteiger partial charge in [0.25, 0.3) is 5.89 Å². The average molecular weight is 264 g/mol. The molecule has 0 aliphatic carbocycles. The van der Waals surface area contributed by atoms with Crippen LogP contribution in [0.15, 0.2) is 22.7 Å². The van der Waals surface area contributed by atoms with Crippen molar-refractivity contribution < 1.29 is 19.1 Å². The molecule has 1 N–H and O–H groups in total. The molecule has 0 aliphatic heterocycles. The molecule has 1 aromatic carbocycles. The van der Waals surface area contributed by atoms with Crippen LogP contribution in [0.25, 0.3) is 11.5 Å². The lowest BCUT2D eigenvalue weighted by Crippen LogP contribution is -2.01. The van der Waals surface area contributed by atoms with E-state index in [0.29, 0.717) is 23.7 Å². The quantitative estimate of drug-likeness (QED) is 0.894. The molecule has 0 bridgehead atoms. The molecule has 6 nitrogen and oxygen atoms in total. The van der Waals surface area contributed by atoms with Gasteiger partial charge in [-0.05, 0) is 26.0 Å². The Morgan fingerprint density at radius 3 is 2.84 bits per heavy atom. The summed E-state index contributed by atoms with van der Waals surface area (Å²) in [4.78, 5) is 4.21. The topological polar surface area (TPSA) is 77.6 Å². The summed E-state index contributed by atoms with van der Waals surface area (Å²) in [5.41, 5.74) is 0.461. The molecular formula is C13H16N2O4. The van der Waals surface area contributed by atoms with Gasteiger partial charge in [-0.3, -0.25) is 0 Å². The van der Waals surface area contributed by atoms with Gasteiger partial charge in [0.05, 0.1) is 12.7 Å². The summed E-state index contributed by atoms with van der Waals surface area (Å²) in [6, 6.07) is 4.87. The van der Waals surface area contributed by atoms with Gasteiger partial charge in [-0.2, -0.15) is 4.98 Å². The highest BCUT2D eigenvalue weighted by atomic mass is 16.5. The molecule has 0 fully saturated rings. The van der Waals surface area contributed by atoms with Crippen molar-refractivity contribution in [3.8, 4) is 23.0 Å². The molecule has 1 unspecified atom stereocenters. The molecule has 2 rings (SSSR count). The minimum absolute atomic E-state index is 0.0265. The summed E-state index contributed by atoms with van der Waals surface area (Å²) >= 11 is 0. The van der Waals surface area contributed by atoms with Crippen LogP contribution in [-0.2, 0) is 4.74 Å². The molecule has 2 aromatic rings. The fourth-order valence-electron chi connectivity index (χ4n) is 1.65. The second kappa shape index (κ2) is 5.71. The third-order valence-electron chi connectivity index (χ3n) is 2.66. The predicted molar refractivity (Wildman–Crippen MR) is 68.0 cm³/mol. The van der Waals surface area contributed by atoms with Crippen molar-refractivity contribution in [2.24, 2.45) is 0 Å². The SMILES string of the molecule is CCOC(C)c1noc(-c2ccc(OC)cc2O)n1. The first-order valence-corrected chi connectivity index (χ1v) is 5.98. The number of phenols is 1. The number of aromatic hydroxyl groups is 1. The van der Waals surface area contributed by atoms with Crippen LogP contribution in [0.4, 0.5) is 0 Å². The largest absolute Gasteiger partial charge is 0.507 e. The van der Waals surface area contributed by atoms with E-state index in [1.165, 1.54) is 13.2 Å². The first-order chi connectivity index (χ1) is 9.15. The predicted octanol–water partition coefficient (Wildman–Crippen LogP) is 2.55. The standard InChI is InChI=1S/C13H16N2O4/c1-4-18-8(2)12-14-13(19-15-12)10-6-5-9(17-3)7-11(10)16/h5-8,16H,4H2,1-3H3. The molecule has 0 aliphatic rings. The van der Waals surface area contributed by atoms with Crippen LogP contribution >= 0.6 is 0 Å². The normalized spacial score (nSPS) is 12.4. The van der Waals surface area contributed by atoms with Crippen LogP contribution in [0.3, 0.4) is 0 Å². The fourth-order valence-corrected chi connectivity index (χ4v) is 1.65. The maximum atomic E-state index is 9.89. The van der Waals surface area contributed by atoms with Gasteiger partial charge in [0.2, 0.25) is 5.82 Å². The second-order valence-corrected chi connectivity index (χ2v) is 3.94. The zero-order valence-electron chi connectivity index (χ0n) is 11.1. The van der Waals surface area contributed by atoms with Crippen LogP contribution in [0.2, 0.25) is 0 Å². The lowest BCUT2D eigenvalue weighted by Gasteiger charge is -2.05. The number of hydrogen-bond donors (Lipinski definition) is 1. The van der Waals surface area contributed by atoms with Crippen LogP contribution in [0, 0.1) is 0 Å². The Kier molecular flexibility index (Phi) is 4.01. The Morgan fingerprint density at radius 1 is 1.42 bits per heavy atom. The Bertz CT molecular complexity index is 553. The Balaban J connectivity index is 2.27. The molecule has 1 atom stereocenters. The Hall–Kier alpha value is -2.08. The van der Waals surface area contributed by atoms with Gasteiger partial charge in [-0.1, -0.05) is 5.16 Å². The third kappa shape index (κ3) is 2.85. The van der Waals surface area contributed by atoms with Crippen LogP contribution in [0.5, 0.6) is 11.5 Å². The van der Waals surface area contributed by atoms with Gasteiger partial charge in [0, 0.05) is 12.7 Å². The van der Waals surface area contributed by atoms with E-state index < -0.39 is 0 Å². The lowest BCUT2D eigenvalue weighted by molar-refractivity contribution is 0.0683. The molecule has 1 aromatic heterocycles. The van der Waals surface area contributed by atoms with E-state index in [-0.39, 0.29) is 17.7 Å². The van der Waals surface area contributed by atoms with Gasteiger partial charge in [-0.25, -0.2) is 0 Å². The smallest absolute Gasteiger partial charge is 0.261 e. The van der Waals surface area contributed by atoms with Crippen molar-refractivity contribution in [1.82, 2.24) is 10.1 Å². The van der Waals surface area contributed by atoms with Crippen LogP contribution in [-0.4, -0.2) is 29.0 Å². The highest BCUT2D eigenvalue weighted by Crippen LogP contribution is 2.31. The number of benzene rings is 1. The number of methoxy groups -OCH3 is 1. The first kappa shape index (κ1) is 13.4. The van der Waals surface area contributed by atoms with Gasteiger partial charge in [-0.15, -0.1) is 0 Å². The highest BCUT2D eigenvalue weighted by molar-refractivity contribution is 5.63. The molecule has 6 heteroatoms. The molecule has 0 radical (unpaired) electrons. The Morgan fingerprint density at radius 2 is 2.21 bits per heavy atom. The van der Waals surface area contributed by atoms with E-state index in [0.717, 1.165) is 0 Å². The van der Waals surface area contributed by atoms with Gasteiger partial charge in [0.1, 0.15) is 17.6 Å².